The molecule has 1 fully saturated rings. The molecule has 5 atom stereocenters. The van der Waals surface area contributed by atoms with Gasteiger partial charge in [0.05, 0.1) is 0 Å². The van der Waals surface area contributed by atoms with Gasteiger partial charge in [-0.3, -0.25) is 9.59 Å². The van der Waals surface area contributed by atoms with E-state index in [1.54, 1.807) is 0 Å². The molecule has 0 aromatic heterocycles. The van der Waals surface area contributed by atoms with Gasteiger partial charge in [-0.15, -0.1) is 0 Å². The van der Waals surface area contributed by atoms with Gasteiger partial charge in [-0.1, -0.05) is 117 Å². The van der Waals surface area contributed by atoms with E-state index < -0.39 is 42.6 Å². The highest BCUT2D eigenvalue weighted by molar-refractivity contribution is 5.70. The van der Waals surface area contributed by atoms with Crippen molar-refractivity contribution in [2.45, 2.75) is 173 Å². The van der Waals surface area contributed by atoms with Gasteiger partial charge in [0.1, 0.15) is 24.9 Å². The molecule has 8 nitrogen and oxygen atoms in total. The van der Waals surface area contributed by atoms with Crippen LogP contribution >= 0.6 is 0 Å². The van der Waals surface area contributed by atoms with Gasteiger partial charge in [0.25, 0.3) is 0 Å². The average molecular weight is 545 g/mol. The second-order valence-electron chi connectivity index (χ2n) is 10.8. The van der Waals surface area contributed by atoms with Crippen molar-refractivity contribution in [2.75, 3.05) is 6.61 Å². The normalized spacial score (nSPS) is 23.3. The van der Waals surface area contributed by atoms with E-state index in [4.69, 9.17) is 14.2 Å². The van der Waals surface area contributed by atoms with E-state index in [-0.39, 0.29) is 19.4 Å². The third-order valence-corrected chi connectivity index (χ3v) is 7.30. The lowest BCUT2D eigenvalue weighted by Gasteiger charge is -2.39. The smallest absolute Gasteiger partial charge is 0.306 e. The van der Waals surface area contributed by atoms with E-state index in [1.165, 1.54) is 70.6 Å². The predicted molar refractivity (Wildman–Crippen MR) is 147 cm³/mol. The molecule has 1 heterocycles. The highest BCUT2D eigenvalue weighted by Gasteiger charge is 2.46. The van der Waals surface area contributed by atoms with Crippen LogP contribution in [-0.4, -0.2) is 64.6 Å². The Labute approximate surface area is 230 Å². The number of hydrogen-bond acceptors (Lipinski definition) is 8. The number of rotatable bonds is 23. The third-order valence-electron chi connectivity index (χ3n) is 7.30. The second-order valence-corrected chi connectivity index (χ2v) is 10.8. The second kappa shape index (κ2) is 22.6. The first kappa shape index (κ1) is 34.8. The fourth-order valence-electron chi connectivity index (χ4n) is 4.82. The highest BCUT2D eigenvalue weighted by Crippen LogP contribution is 2.24. The van der Waals surface area contributed by atoms with E-state index in [0.717, 1.165) is 38.5 Å². The minimum atomic E-state index is -1.65. The molecule has 8 heteroatoms. The van der Waals surface area contributed by atoms with Gasteiger partial charge in [-0.2, -0.15) is 0 Å². The average Bonchev–Trinajstić information content (AvgIpc) is 2.90. The van der Waals surface area contributed by atoms with Crippen molar-refractivity contribution in [3.63, 3.8) is 0 Å². The summed E-state index contributed by atoms with van der Waals surface area (Å²) >= 11 is 0. The first-order chi connectivity index (χ1) is 18.4. The maximum absolute atomic E-state index is 12.4. The summed E-state index contributed by atoms with van der Waals surface area (Å²) in [5, 5.41) is 30.3. The quantitative estimate of drug-likeness (QED) is 0.110. The van der Waals surface area contributed by atoms with Crippen LogP contribution in [0.15, 0.2) is 0 Å². The topological polar surface area (TPSA) is 123 Å². The maximum atomic E-state index is 12.4. The van der Waals surface area contributed by atoms with Gasteiger partial charge >= 0.3 is 11.9 Å². The molecule has 0 aliphatic carbocycles. The van der Waals surface area contributed by atoms with Gasteiger partial charge < -0.3 is 29.5 Å². The maximum Gasteiger partial charge on any atom is 0.306 e. The summed E-state index contributed by atoms with van der Waals surface area (Å²) in [6.07, 6.45) is 13.8. The van der Waals surface area contributed by atoms with Crippen LogP contribution < -0.4 is 0 Å². The molecule has 1 aliphatic rings. The zero-order valence-corrected chi connectivity index (χ0v) is 24.1. The summed E-state index contributed by atoms with van der Waals surface area (Å²) in [5.74, 6) is -0.901. The summed E-state index contributed by atoms with van der Waals surface area (Å²) in [5.41, 5.74) is 0. The van der Waals surface area contributed by atoms with Crippen molar-refractivity contribution in [3.8, 4) is 0 Å². The van der Waals surface area contributed by atoms with Crippen LogP contribution in [0.4, 0.5) is 0 Å². The SMILES string of the molecule is CCCCCCCCCCCC(=O)OC[C@H]1O[C@H](O)[C@H](O)[C@@H](O)[C@@H]1OC(=O)CCCCCCCCCCC. The van der Waals surface area contributed by atoms with E-state index in [9.17, 15) is 24.9 Å². The van der Waals surface area contributed by atoms with Crippen LogP contribution in [0.3, 0.4) is 0 Å². The molecule has 0 spiro atoms. The molecule has 3 N–H and O–H groups in total. The van der Waals surface area contributed by atoms with Crippen molar-refractivity contribution in [1.82, 2.24) is 0 Å². The molecule has 1 saturated heterocycles. The molecule has 0 aromatic rings. The zero-order chi connectivity index (χ0) is 28.0. The first-order valence-corrected chi connectivity index (χ1v) is 15.4. The molecule has 1 rings (SSSR count). The van der Waals surface area contributed by atoms with E-state index >= 15 is 0 Å². The van der Waals surface area contributed by atoms with E-state index in [0.29, 0.717) is 6.42 Å². The molecule has 0 aromatic carbocycles. The van der Waals surface area contributed by atoms with Crippen LogP contribution in [0.25, 0.3) is 0 Å². The lowest BCUT2D eigenvalue weighted by Crippen LogP contribution is -2.60. The van der Waals surface area contributed by atoms with Gasteiger partial charge in [-0.05, 0) is 12.8 Å². The summed E-state index contributed by atoms with van der Waals surface area (Å²) in [7, 11) is 0. The van der Waals surface area contributed by atoms with Crippen molar-refractivity contribution in [1.29, 1.82) is 0 Å². The van der Waals surface area contributed by atoms with Crippen LogP contribution in [0.1, 0.15) is 142 Å². The molecule has 1 aliphatic heterocycles. The van der Waals surface area contributed by atoms with Crippen LogP contribution in [0.5, 0.6) is 0 Å². The van der Waals surface area contributed by atoms with Crippen molar-refractivity contribution in [3.05, 3.63) is 0 Å². The standard InChI is InChI=1S/C30H56O8/c1-3-5-7-9-11-13-15-17-19-21-25(31)36-23-24-29(27(33)28(34)30(35)37-24)38-26(32)22-20-18-16-14-12-10-8-6-4-2/h24,27-30,33-35H,3-23H2,1-2H3/t24-,27-,28-,29-,30+/m1/s1. The number of aliphatic hydroxyl groups excluding tert-OH is 3. The molecule has 0 radical (unpaired) electrons. The van der Waals surface area contributed by atoms with Gasteiger partial charge in [0, 0.05) is 12.8 Å². The summed E-state index contributed by atoms with van der Waals surface area (Å²) in [4.78, 5) is 24.6. The molecule has 0 bridgehead atoms. The zero-order valence-electron chi connectivity index (χ0n) is 24.1. The lowest BCUT2D eigenvalue weighted by atomic mass is 9.99. The molecule has 0 unspecified atom stereocenters. The highest BCUT2D eigenvalue weighted by atomic mass is 16.7. The predicted octanol–water partition coefficient (Wildman–Crippen LogP) is 5.72. The van der Waals surface area contributed by atoms with Gasteiger partial charge in [0.15, 0.2) is 12.4 Å². The minimum Gasteiger partial charge on any atom is -0.463 e. The Morgan fingerprint density at radius 1 is 0.605 bits per heavy atom. The molecule has 38 heavy (non-hydrogen) atoms. The number of aliphatic hydroxyl groups is 3. The molecular weight excluding hydrogens is 488 g/mol. The Kier molecular flexibility index (Phi) is 20.7. The van der Waals surface area contributed by atoms with E-state index in [1.807, 2.05) is 0 Å². The van der Waals surface area contributed by atoms with Crippen LogP contribution in [0, 0.1) is 0 Å². The van der Waals surface area contributed by atoms with Gasteiger partial charge in [-0.25, -0.2) is 0 Å². The van der Waals surface area contributed by atoms with Crippen molar-refractivity contribution in [2.24, 2.45) is 0 Å². The lowest BCUT2D eigenvalue weighted by molar-refractivity contribution is -0.290. The molecule has 0 saturated carbocycles. The molecular formula is C30H56O8. The Morgan fingerprint density at radius 3 is 1.50 bits per heavy atom. The number of hydrogen-bond donors (Lipinski definition) is 3. The summed E-state index contributed by atoms with van der Waals surface area (Å²) < 4.78 is 16.0. The number of unbranched alkanes of at least 4 members (excludes halogenated alkanes) is 16. The number of ether oxygens (including phenoxy) is 3. The van der Waals surface area contributed by atoms with Crippen molar-refractivity contribution >= 4 is 11.9 Å². The van der Waals surface area contributed by atoms with E-state index in [2.05, 4.69) is 13.8 Å². The number of carbonyl (C=O) groups is 2. The molecule has 224 valence electrons. The summed E-state index contributed by atoms with van der Waals surface area (Å²) in [6.45, 7) is 4.14. The van der Waals surface area contributed by atoms with Crippen LogP contribution in [-0.2, 0) is 23.8 Å². The largest absolute Gasteiger partial charge is 0.463 e. The van der Waals surface area contributed by atoms with Gasteiger partial charge in [0.2, 0.25) is 0 Å². The van der Waals surface area contributed by atoms with Crippen LogP contribution in [0.2, 0.25) is 0 Å². The minimum absolute atomic E-state index is 0.197. The Morgan fingerprint density at radius 2 is 1.03 bits per heavy atom. The monoisotopic (exact) mass is 544 g/mol. The number of carbonyl (C=O) groups excluding carboxylic acids is 2. The Balaban J connectivity index is 2.30. The first-order valence-electron chi connectivity index (χ1n) is 15.4. The Bertz CT molecular complexity index is 599. The fraction of sp³-hybridized carbons (Fsp3) is 0.933. The number of esters is 2. The molecule has 0 amide bonds. The third kappa shape index (κ3) is 16.0. The summed E-state index contributed by atoms with van der Waals surface area (Å²) in [6, 6.07) is 0. The Hall–Kier alpha value is -1.22. The van der Waals surface area contributed by atoms with Crippen molar-refractivity contribution < 1.29 is 39.1 Å². The fourth-order valence-corrected chi connectivity index (χ4v) is 4.82.